The van der Waals surface area contributed by atoms with Crippen molar-refractivity contribution in [2.45, 2.75) is 31.6 Å². The highest BCUT2D eigenvalue weighted by molar-refractivity contribution is 14.1. The molecule has 0 aliphatic carbocycles. The molecule has 0 bridgehead atoms. The molecule has 0 saturated heterocycles. The summed E-state index contributed by atoms with van der Waals surface area (Å²) >= 11 is 2.29. The normalized spacial score (nSPS) is 11.0. The summed E-state index contributed by atoms with van der Waals surface area (Å²) in [5.41, 5.74) is 1.87. The number of carbonyl (C=O) groups excluding carboxylic acids is 2. The van der Waals surface area contributed by atoms with Gasteiger partial charge in [-0.3, -0.25) is 9.88 Å². The van der Waals surface area contributed by atoms with Gasteiger partial charge in [0.15, 0.2) is 0 Å². The molecule has 3 amide bonds. The summed E-state index contributed by atoms with van der Waals surface area (Å²) in [7, 11) is 0. The van der Waals surface area contributed by atoms with E-state index in [1.165, 1.54) is 0 Å². The van der Waals surface area contributed by atoms with E-state index in [0.717, 1.165) is 46.9 Å². The Bertz CT molecular complexity index is 1150. The van der Waals surface area contributed by atoms with Gasteiger partial charge in [0.05, 0.1) is 5.52 Å². The number of aromatic nitrogens is 2. The van der Waals surface area contributed by atoms with Crippen LogP contribution in [0.4, 0.5) is 15.4 Å². The standard InChI is InChI=1S/C25H33IN6O3/c1-4-27-25(34)32-17-18(16-26)21-14-19(8-9-22(21)32)35-20-10-12-28-23(15-20)30-24(33)29-11-7-13-31(5-2)6-3/h8-10,12,14-15,17H,4-7,11,13,16H2,1-3H3,(H,27,34)(H2,28,29,30,33). The number of anilines is 1. The highest BCUT2D eigenvalue weighted by Gasteiger charge is 2.14. The highest BCUT2D eigenvalue weighted by Crippen LogP contribution is 2.30. The maximum absolute atomic E-state index is 12.4. The first-order valence-corrected chi connectivity index (χ1v) is 13.4. The van der Waals surface area contributed by atoms with Crippen LogP contribution in [-0.4, -0.2) is 59.2 Å². The van der Waals surface area contributed by atoms with Crippen LogP contribution in [0.25, 0.3) is 10.9 Å². The second-order valence-corrected chi connectivity index (χ2v) is 8.68. The summed E-state index contributed by atoms with van der Waals surface area (Å²) in [6.45, 7) is 10.3. The zero-order valence-electron chi connectivity index (χ0n) is 20.4. The lowest BCUT2D eigenvalue weighted by Gasteiger charge is -2.17. The molecule has 9 nitrogen and oxygen atoms in total. The van der Waals surface area contributed by atoms with Crippen molar-refractivity contribution in [3.8, 4) is 11.5 Å². The smallest absolute Gasteiger partial charge is 0.326 e. The van der Waals surface area contributed by atoms with E-state index in [0.29, 0.717) is 30.4 Å². The first kappa shape index (κ1) is 26.7. The molecule has 2 aromatic heterocycles. The number of pyridine rings is 1. The van der Waals surface area contributed by atoms with Gasteiger partial charge < -0.3 is 20.3 Å². The van der Waals surface area contributed by atoms with E-state index in [2.05, 4.69) is 62.3 Å². The third-order valence-corrected chi connectivity index (χ3v) is 6.41. The van der Waals surface area contributed by atoms with E-state index in [1.54, 1.807) is 22.9 Å². The average Bonchev–Trinajstić information content (AvgIpc) is 3.22. The minimum atomic E-state index is -0.297. The van der Waals surface area contributed by atoms with Crippen LogP contribution in [-0.2, 0) is 4.43 Å². The first-order valence-electron chi connectivity index (χ1n) is 11.9. The Labute approximate surface area is 219 Å². The fourth-order valence-corrected chi connectivity index (χ4v) is 4.34. The van der Waals surface area contributed by atoms with Gasteiger partial charge in [-0.15, -0.1) is 0 Å². The van der Waals surface area contributed by atoms with Crippen molar-refractivity contribution in [3.05, 3.63) is 48.3 Å². The largest absolute Gasteiger partial charge is 0.457 e. The Morgan fingerprint density at radius 1 is 1.09 bits per heavy atom. The van der Waals surface area contributed by atoms with Crippen LogP contribution in [0.15, 0.2) is 42.7 Å². The number of amides is 3. The second-order valence-electron chi connectivity index (χ2n) is 7.91. The molecule has 0 atom stereocenters. The third-order valence-electron chi connectivity index (χ3n) is 5.59. The van der Waals surface area contributed by atoms with E-state index in [-0.39, 0.29) is 12.1 Å². The zero-order chi connectivity index (χ0) is 25.2. The van der Waals surface area contributed by atoms with Gasteiger partial charge in [-0.25, -0.2) is 14.6 Å². The second kappa shape index (κ2) is 13.3. The monoisotopic (exact) mass is 592 g/mol. The summed E-state index contributed by atoms with van der Waals surface area (Å²) in [5, 5.41) is 9.41. The number of rotatable bonds is 11. The predicted molar refractivity (Wildman–Crippen MR) is 148 cm³/mol. The van der Waals surface area contributed by atoms with Crippen LogP contribution in [0.5, 0.6) is 11.5 Å². The van der Waals surface area contributed by atoms with Gasteiger partial charge >= 0.3 is 12.1 Å². The lowest BCUT2D eigenvalue weighted by atomic mass is 10.2. The molecule has 35 heavy (non-hydrogen) atoms. The van der Waals surface area contributed by atoms with Crippen molar-refractivity contribution in [1.82, 2.24) is 25.1 Å². The molecule has 2 heterocycles. The molecule has 0 aliphatic rings. The molecule has 0 unspecified atom stereocenters. The predicted octanol–water partition coefficient (Wildman–Crippen LogP) is 5.19. The van der Waals surface area contributed by atoms with Crippen molar-refractivity contribution in [1.29, 1.82) is 0 Å². The van der Waals surface area contributed by atoms with Crippen LogP contribution in [0.3, 0.4) is 0 Å². The Balaban J connectivity index is 1.64. The Kier molecular flexibility index (Phi) is 10.2. The van der Waals surface area contributed by atoms with E-state index in [4.69, 9.17) is 4.74 Å². The number of ether oxygens (including phenoxy) is 1. The molecule has 1 aromatic carbocycles. The molecule has 3 aromatic rings. The summed E-state index contributed by atoms with van der Waals surface area (Å²) in [6, 6.07) is 8.59. The molecule has 0 saturated carbocycles. The molecule has 3 rings (SSSR count). The molecule has 0 radical (unpaired) electrons. The number of hydrogen-bond acceptors (Lipinski definition) is 5. The van der Waals surface area contributed by atoms with Gasteiger partial charge in [-0.2, -0.15) is 0 Å². The number of carbonyl (C=O) groups is 2. The topological polar surface area (TPSA) is 101 Å². The fraction of sp³-hybridized carbons (Fsp3) is 0.400. The lowest BCUT2D eigenvalue weighted by molar-refractivity contribution is 0.243. The molecule has 0 fully saturated rings. The van der Waals surface area contributed by atoms with Crippen LogP contribution in [0, 0.1) is 0 Å². The SMILES string of the molecule is CCNC(=O)n1cc(CI)c2cc(Oc3ccnc(NC(=O)NCCCN(CC)CC)c3)ccc21. The van der Waals surface area contributed by atoms with Crippen LogP contribution >= 0.6 is 22.6 Å². The van der Waals surface area contributed by atoms with Crippen LogP contribution in [0.2, 0.25) is 0 Å². The molecular formula is C25H33IN6O3. The minimum Gasteiger partial charge on any atom is -0.457 e. The van der Waals surface area contributed by atoms with E-state index >= 15 is 0 Å². The highest BCUT2D eigenvalue weighted by atomic mass is 127. The van der Waals surface area contributed by atoms with Crippen LogP contribution in [0.1, 0.15) is 32.8 Å². The Morgan fingerprint density at radius 3 is 2.57 bits per heavy atom. The maximum atomic E-state index is 12.4. The fourth-order valence-electron chi connectivity index (χ4n) is 3.74. The minimum absolute atomic E-state index is 0.154. The van der Waals surface area contributed by atoms with Crippen molar-refractivity contribution in [3.63, 3.8) is 0 Å². The van der Waals surface area contributed by atoms with Gasteiger partial charge in [0.25, 0.3) is 0 Å². The van der Waals surface area contributed by atoms with Gasteiger partial charge in [0.2, 0.25) is 0 Å². The number of hydrogen-bond donors (Lipinski definition) is 3. The lowest BCUT2D eigenvalue weighted by Crippen LogP contribution is -2.32. The van der Waals surface area contributed by atoms with Gasteiger partial charge in [0, 0.05) is 41.4 Å². The van der Waals surface area contributed by atoms with E-state index < -0.39 is 0 Å². The van der Waals surface area contributed by atoms with Gasteiger partial charge in [-0.05, 0) is 62.8 Å². The molecular weight excluding hydrogens is 559 g/mol. The zero-order valence-corrected chi connectivity index (χ0v) is 22.6. The quantitative estimate of drug-likeness (QED) is 0.162. The Morgan fingerprint density at radius 2 is 1.86 bits per heavy atom. The molecule has 188 valence electrons. The van der Waals surface area contributed by atoms with E-state index in [9.17, 15) is 9.59 Å². The van der Waals surface area contributed by atoms with Crippen LogP contribution < -0.4 is 20.7 Å². The summed E-state index contributed by atoms with van der Waals surface area (Å²) in [4.78, 5) is 31.2. The summed E-state index contributed by atoms with van der Waals surface area (Å²) in [6.07, 6.45) is 4.34. The third kappa shape index (κ3) is 7.31. The molecule has 10 heteroatoms. The first-order chi connectivity index (χ1) is 17.0. The summed E-state index contributed by atoms with van der Waals surface area (Å²) in [5.74, 6) is 1.59. The van der Waals surface area contributed by atoms with Gasteiger partial charge in [0.1, 0.15) is 17.3 Å². The molecule has 3 N–H and O–H groups in total. The number of nitrogens with one attached hydrogen (secondary N) is 3. The number of benzene rings is 1. The number of alkyl halides is 1. The van der Waals surface area contributed by atoms with Crippen molar-refractivity contribution in [2.75, 3.05) is 38.0 Å². The molecule has 0 aliphatic heterocycles. The van der Waals surface area contributed by atoms with Crippen molar-refractivity contribution >= 4 is 51.4 Å². The Hall–Kier alpha value is -2.86. The number of urea groups is 1. The number of fused-ring (bicyclic) bond motifs is 1. The van der Waals surface area contributed by atoms with E-state index in [1.807, 2.05) is 31.3 Å². The number of halogens is 1. The average molecular weight is 592 g/mol. The summed E-state index contributed by atoms with van der Waals surface area (Å²) < 4.78 is 8.44. The van der Waals surface area contributed by atoms with Crippen molar-refractivity contribution < 1.29 is 14.3 Å². The number of nitrogens with zero attached hydrogens (tertiary/aromatic N) is 3. The molecule has 0 spiro atoms. The van der Waals surface area contributed by atoms with Crippen molar-refractivity contribution in [2.24, 2.45) is 0 Å². The maximum Gasteiger partial charge on any atom is 0.326 e. The van der Waals surface area contributed by atoms with Gasteiger partial charge in [-0.1, -0.05) is 36.4 Å².